The average molecular weight is 265 g/mol. The van der Waals surface area contributed by atoms with Gasteiger partial charge in [0.1, 0.15) is 5.75 Å². The van der Waals surface area contributed by atoms with Crippen molar-refractivity contribution in [1.29, 1.82) is 0 Å². The number of benzene rings is 1. The van der Waals surface area contributed by atoms with Gasteiger partial charge in [0, 0.05) is 6.61 Å². The van der Waals surface area contributed by atoms with Gasteiger partial charge in [0.05, 0.1) is 32.0 Å². The largest absolute Gasteiger partial charge is 0.494 e. The number of hydrogen-bond acceptors (Lipinski definition) is 4. The molecule has 2 unspecified atom stereocenters. The summed E-state index contributed by atoms with van der Waals surface area (Å²) in [6, 6.07) is 7.84. The Hall–Kier alpha value is -1.10. The standard InChI is InChI=1S/C15H23NO3/c1-2-8-18-13-5-3-12(4-6-13)15(16)11-19-14-7-9-17-10-14/h3-6,14-15H,2,7-11,16H2,1H3. The molecular weight excluding hydrogens is 242 g/mol. The second-order valence-electron chi connectivity index (χ2n) is 4.84. The van der Waals surface area contributed by atoms with Crippen molar-refractivity contribution in [2.24, 2.45) is 5.73 Å². The van der Waals surface area contributed by atoms with E-state index in [4.69, 9.17) is 19.9 Å². The number of rotatable bonds is 7. The Labute approximate surface area is 114 Å². The molecule has 0 radical (unpaired) electrons. The highest BCUT2D eigenvalue weighted by Gasteiger charge is 2.17. The summed E-state index contributed by atoms with van der Waals surface area (Å²) in [5, 5.41) is 0. The maximum atomic E-state index is 6.12. The van der Waals surface area contributed by atoms with Gasteiger partial charge in [-0.2, -0.15) is 0 Å². The van der Waals surface area contributed by atoms with Crippen LogP contribution in [0.5, 0.6) is 5.75 Å². The molecule has 2 N–H and O–H groups in total. The Balaban J connectivity index is 1.79. The highest BCUT2D eigenvalue weighted by Crippen LogP contribution is 2.18. The molecule has 106 valence electrons. The highest BCUT2D eigenvalue weighted by molar-refractivity contribution is 5.29. The Kier molecular flexibility index (Phi) is 5.63. The van der Waals surface area contributed by atoms with E-state index >= 15 is 0 Å². The van der Waals surface area contributed by atoms with E-state index in [1.807, 2.05) is 24.3 Å². The van der Waals surface area contributed by atoms with E-state index in [0.717, 1.165) is 37.4 Å². The Morgan fingerprint density at radius 1 is 1.37 bits per heavy atom. The van der Waals surface area contributed by atoms with Gasteiger partial charge in [0.15, 0.2) is 0 Å². The van der Waals surface area contributed by atoms with Crippen molar-refractivity contribution in [3.63, 3.8) is 0 Å². The minimum absolute atomic E-state index is 0.0965. The monoisotopic (exact) mass is 265 g/mol. The predicted molar refractivity (Wildman–Crippen MR) is 74.3 cm³/mol. The van der Waals surface area contributed by atoms with Gasteiger partial charge in [-0.1, -0.05) is 19.1 Å². The van der Waals surface area contributed by atoms with Crippen LogP contribution >= 0.6 is 0 Å². The first kappa shape index (κ1) is 14.3. The Morgan fingerprint density at radius 2 is 2.16 bits per heavy atom. The fourth-order valence-electron chi connectivity index (χ4n) is 2.01. The Bertz CT molecular complexity index is 360. The quantitative estimate of drug-likeness (QED) is 0.821. The average Bonchev–Trinajstić information content (AvgIpc) is 2.96. The lowest BCUT2D eigenvalue weighted by Gasteiger charge is -2.16. The lowest BCUT2D eigenvalue weighted by atomic mass is 10.1. The molecule has 0 saturated carbocycles. The lowest BCUT2D eigenvalue weighted by Crippen LogP contribution is -2.22. The molecule has 4 heteroatoms. The third kappa shape index (κ3) is 4.49. The Morgan fingerprint density at radius 3 is 2.79 bits per heavy atom. The minimum Gasteiger partial charge on any atom is -0.494 e. The third-order valence-electron chi connectivity index (χ3n) is 3.18. The fraction of sp³-hybridized carbons (Fsp3) is 0.600. The molecule has 2 atom stereocenters. The molecule has 1 aliphatic heterocycles. The van der Waals surface area contributed by atoms with Crippen LogP contribution in [0, 0.1) is 0 Å². The molecule has 1 aromatic rings. The maximum absolute atomic E-state index is 6.12. The first-order chi connectivity index (χ1) is 9.29. The molecule has 0 bridgehead atoms. The van der Waals surface area contributed by atoms with Gasteiger partial charge < -0.3 is 19.9 Å². The van der Waals surface area contributed by atoms with Gasteiger partial charge in [-0.25, -0.2) is 0 Å². The molecule has 1 aromatic carbocycles. The fourth-order valence-corrected chi connectivity index (χ4v) is 2.01. The summed E-state index contributed by atoms with van der Waals surface area (Å²) in [4.78, 5) is 0. The van der Waals surface area contributed by atoms with Crippen molar-refractivity contribution in [2.45, 2.75) is 31.9 Å². The normalized spacial score (nSPS) is 20.4. The molecule has 4 nitrogen and oxygen atoms in total. The summed E-state index contributed by atoms with van der Waals surface area (Å²) < 4.78 is 16.5. The van der Waals surface area contributed by atoms with Crippen molar-refractivity contribution in [1.82, 2.24) is 0 Å². The highest BCUT2D eigenvalue weighted by atomic mass is 16.5. The van der Waals surface area contributed by atoms with Crippen molar-refractivity contribution in [3.05, 3.63) is 29.8 Å². The van der Waals surface area contributed by atoms with Crippen LogP contribution in [0.25, 0.3) is 0 Å². The summed E-state index contributed by atoms with van der Waals surface area (Å²) in [7, 11) is 0. The maximum Gasteiger partial charge on any atom is 0.119 e. The molecule has 1 heterocycles. The van der Waals surface area contributed by atoms with Gasteiger partial charge in [-0.05, 0) is 30.5 Å². The molecule has 2 rings (SSSR count). The van der Waals surface area contributed by atoms with Crippen LogP contribution in [-0.4, -0.2) is 32.5 Å². The van der Waals surface area contributed by atoms with Crippen LogP contribution in [0.2, 0.25) is 0 Å². The molecule has 0 amide bonds. The minimum atomic E-state index is -0.0965. The molecule has 0 aromatic heterocycles. The first-order valence-electron chi connectivity index (χ1n) is 6.97. The van der Waals surface area contributed by atoms with E-state index in [1.54, 1.807) is 0 Å². The van der Waals surface area contributed by atoms with Crippen molar-refractivity contribution in [3.8, 4) is 5.75 Å². The summed E-state index contributed by atoms with van der Waals surface area (Å²) >= 11 is 0. The van der Waals surface area contributed by atoms with Gasteiger partial charge in [-0.15, -0.1) is 0 Å². The van der Waals surface area contributed by atoms with Gasteiger partial charge in [0.2, 0.25) is 0 Å². The summed E-state index contributed by atoms with van der Waals surface area (Å²) in [5.41, 5.74) is 7.19. The van der Waals surface area contributed by atoms with Crippen LogP contribution in [0.15, 0.2) is 24.3 Å². The first-order valence-corrected chi connectivity index (χ1v) is 6.97. The van der Waals surface area contributed by atoms with E-state index in [-0.39, 0.29) is 12.1 Å². The number of ether oxygens (including phenoxy) is 3. The molecule has 1 aliphatic rings. The van der Waals surface area contributed by atoms with Crippen LogP contribution in [-0.2, 0) is 9.47 Å². The zero-order valence-corrected chi connectivity index (χ0v) is 11.5. The second-order valence-corrected chi connectivity index (χ2v) is 4.84. The van der Waals surface area contributed by atoms with E-state index in [2.05, 4.69) is 6.92 Å². The summed E-state index contributed by atoms with van der Waals surface area (Å²) in [6.07, 6.45) is 2.19. The molecule has 1 saturated heterocycles. The van der Waals surface area contributed by atoms with Gasteiger partial charge >= 0.3 is 0 Å². The molecular formula is C15H23NO3. The van der Waals surface area contributed by atoms with E-state index in [9.17, 15) is 0 Å². The number of hydrogen-bond donors (Lipinski definition) is 1. The van der Waals surface area contributed by atoms with Crippen LogP contribution in [0.4, 0.5) is 0 Å². The van der Waals surface area contributed by atoms with E-state index in [1.165, 1.54) is 0 Å². The van der Waals surface area contributed by atoms with Crippen LogP contribution in [0.3, 0.4) is 0 Å². The third-order valence-corrected chi connectivity index (χ3v) is 3.18. The molecule has 1 fully saturated rings. The molecule has 0 aliphatic carbocycles. The van der Waals surface area contributed by atoms with Crippen molar-refractivity contribution in [2.75, 3.05) is 26.4 Å². The summed E-state index contributed by atoms with van der Waals surface area (Å²) in [6.45, 7) is 4.85. The van der Waals surface area contributed by atoms with Crippen LogP contribution in [0.1, 0.15) is 31.4 Å². The van der Waals surface area contributed by atoms with Crippen molar-refractivity contribution >= 4 is 0 Å². The van der Waals surface area contributed by atoms with Crippen LogP contribution < -0.4 is 10.5 Å². The van der Waals surface area contributed by atoms with E-state index < -0.39 is 0 Å². The lowest BCUT2D eigenvalue weighted by molar-refractivity contribution is 0.0349. The second kappa shape index (κ2) is 7.48. The predicted octanol–water partition coefficient (Wildman–Crippen LogP) is 2.28. The van der Waals surface area contributed by atoms with Gasteiger partial charge in [0.25, 0.3) is 0 Å². The zero-order chi connectivity index (χ0) is 13.5. The van der Waals surface area contributed by atoms with Crippen molar-refractivity contribution < 1.29 is 14.2 Å². The smallest absolute Gasteiger partial charge is 0.119 e. The zero-order valence-electron chi connectivity index (χ0n) is 11.5. The topological polar surface area (TPSA) is 53.7 Å². The SMILES string of the molecule is CCCOc1ccc(C(N)COC2CCOC2)cc1. The van der Waals surface area contributed by atoms with Gasteiger partial charge in [-0.3, -0.25) is 0 Å². The molecule has 19 heavy (non-hydrogen) atoms. The van der Waals surface area contributed by atoms with E-state index in [0.29, 0.717) is 13.2 Å². The molecule has 0 spiro atoms. The summed E-state index contributed by atoms with van der Waals surface area (Å²) in [5.74, 6) is 0.892. The number of nitrogens with two attached hydrogens (primary N) is 1.